The molecule has 3 heterocycles. The topological polar surface area (TPSA) is 129 Å². The standard InChI is InChI=1S/C27H27N5O5/c1-4-5-13-22-28-25(33)24(27(34)32(22)16(2)17-9-8-10-18(14-17)35-3)26-30-29-23(36-26)15-20-19-11-6-7-12-21(19)37-31-20/h6-12,14,16,33H,4-5,13,15H2,1-3H3/t16-/m0/s1. The molecule has 10 heteroatoms. The molecule has 0 fully saturated rings. The molecule has 5 aromatic rings. The van der Waals surface area contributed by atoms with Gasteiger partial charge in [-0.3, -0.25) is 9.36 Å². The highest BCUT2D eigenvalue weighted by Crippen LogP contribution is 2.28. The summed E-state index contributed by atoms with van der Waals surface area (Å²) in [6.07, 6.45) is 2.46. The fourth-order valence-corrected chi connectivity index (χ4v) is 4.35. The van der Waals surface area contributed by atoms with Gasteiger partial charge in [0.15, 0.2) is 11.1 Å². The first-order valence-electron chi connectivity index (χ1n) is 12.1. The van der Waals surface area contributed by atoms with Crippen LogP contribution in [0.15, 0.2) is 62.3 Å². The second-order valence-corrected chi connectivity index (χ2v) is 8.76. The van der Waals surface area contributed by atoms with Crippen LogP contribution >= 0.6 is 0 Å². The first kappa shape index (κ1) is 24.2. The van der Waals surface area contributed by atoms with Crippen LogP contribution in [-0.4, -0.2) is 37.1 Å². The van der Waals surface area contributed by atoms with Crippen LogP contribution in [0.5, 0.6) is 11.6 Å². The Kier molecular flexibility index (Phi) is 6.72. The van der Waals surface area contributed by atoms with E-state index in [0.717, 1.165) is 23.8 Å². The van der Waals surface area contributed by atoms with Gasteiger partial charge >= 0.3 is 0 Å². The van der Waals surface area contributed by atoms with Crippen molar-refractivity contribution in [1.82, 2.24) is 24.9 Å². The zero-order valence-electron chi connectivity index (χ0n) is 20.8. The molecule has 0 unspecified atom stereocenters. The minimum absolute atomic E-state index is 0.105. The molecule has 0 amide bonds. The Hall–Kier alpha value is -4.47. The third kappa shape index (κ3) is 4.69. The summed E-state index contributed by atoms with van der Waals surface area (Å²) >= 11 is 0. The number of benzene rings is 2. The molecule has 190 valence electrons. The number of rotatable bonds is 9. The molecule has 5 rings (SSSR count). The maximum atomic E-state index is 13.8. The Balaban J connectivity index is 1.55. The van der Waals surface area contributed by atoms with E-state index in [1.807, 2.05) is 55.5 Å². The summed E-state index contributed by atoms with van der Waals surface area (Å²) < 4.78 is 18.1. The van der Waals surface area contributed by atoms with E-state index in [0.29, 0.717) is 29.3 Å². The smallest absolute Gasteiger partial charge is 0.270 e. The summed E-state index contributed by atoms with van der Waals surface area (Å²) in [4.78, 5) is 18.2. The second-order valence-electron chi connectivity index (χ2n) is 8.76. The first-order chi connectivity index (χ1) is 18.0. The van der Waals surface area contributed by atoms with Crippen LogP contribution in [0.1, 0.15) is 55.7 Å². The van der Waals surface area contributed by atoms with Gasteiger partial charge in [-0.25, -0.2) is 0 Å². The van der Waals surface area contributed by atoms with Crippen LogP contribution in [0.25, 0.3) is 22.4 Å². The predicted octanol–water partition coefficient (Wildman–Crippen LogP) is 4.69. The molecule has 0 radical (unpaired) electrons. The number of aromatic hydroxyl groups is 1. The molecule has 3 aromatic heterocycles. The van der Waals surface area contributed by atoms with E-state index < -0.39 is 11.4 Å². The Morgan fingerprint density at radius 3 is 2.78 bits per heavy atom. The van der Waals surface area contributed by atoms with E-state index in [2.05, 4.69) is 27.3 Å². The number of hydrogen-bond acceptors (Lipinski definition) is 9. The molecule has 0 aliphatic carbocycles. The number of nitrogens with zero attached hydrogens (tertiary/aromatic N) is 5. The number of aryl methyl sites for hydroxylation is 1. The highest BCUT2D eigenvalue weighted by atomic mass is 16.5. The maximum absolute atomic E-state index is 13.8. The molecule has 1 atom stereocenters. The summed E-state index contributed by atoms with van der Waals surface area (Å²) in [6.45, 7) is 3.96. The van der Waals surface area contributed by atoms with Gasteiger partial charge < -0.3 is 18.8 Å². The van der Waals surface area contributed by atoms with Crippen molar-refractivity contribution in [2.75, 3.05) is 7.11 Å². The summed E-state index contributed by atoms with van der Waals surface area (Å²) in [6, 6.07) is 14.6. The normalized spacial score (nSPS) is 12.2. The van der Waals surface area contributed by atoms with Crippen molar-refractivity contribution in [1.29, 1.82) is 0 Å². The van der Waals surface area contributed by atoms with Gasteiger partial charge in [-0.1, -0.05) is 42.8 Å². The van der Waals surface area contributed by atoms with Crippen molar-refractivity contribution in [3.05, 3.63) is 81.9 Å². The number of hydrogen-bond donors (Lipinski definition) is 1. The number of aromatic nitrogens is 5. The monoisotopic (exact) mass is 501 g/mol. The van der Waals surface area contributed by atoms with E-state index in [-0.39, 0.29) is 29.8 Å². The zero-order valence-corrected chi connectivity index (χ0v) is 20.8. The molecule has 10 nitrogen and oxygen atoms in total. The zero-order chi connectivity index (χ0) is 25.9. The van der Waals surface area contributed by atoms with E-state index in [4.69, 9.17) is 13.7 Å². The Morgan fingerprint density at radius 2 is 1.97 bits per heavy atom. The SMILES string of the molecule is CCCCc1nc(O)c(-c2nnc(Cc3noc4ccccc34)o2)c(=O)n1[C@@H](C)c1cccc(OC)c1. The van der Waals surface area contributed by atoms with Crippen LogP contribution < -0.4 is 10.3 Å². The van der Waals surface area contributed by atoms with Gasteiger partial charge in [-0.15, -0.1) is 10.2 Å². The number of unbranched alkanes of at least 4 members (excludes halogenated alkanes) is 1. The van der Waals surface area contributed by atoms with Gasteiger partial charge in [0, 0.05) is 11.8 Å². The molecule has 0 aliphatic heterocycles. The fourth-order valence-electron chi connectivity index (χ4n) is 4.35. The average molecular weight is 502 g/mol. The van der Waals surface area contributed by atoms with Crippen LogP contribution in [0.4, 0.5) is 0 Å². The molecule has 2 aromatic carbocycles. The first-order valence-corrected chi connectivity index (χ1v) is 12.1. The highest BCUT2D eigenvalue weighted by Gasteiger charge is 2.26. The minimum atomic E-state index is -0.462. The molecule has 1 N–H and O–H groups in total. The van der Waals surface area contributed by atoms with Crippen LogP contribution in [0.3, 0.4) is 0 Å². The molecular formula is C27H27N5O5. The Morgan fingerprint density at radius 1 is 1.14 bits per heavy atom. The van der Waals surface area contributed by atoms with E-state index >= 15 is 0 Å². The lowest BCUT2D eigenvalue weighted by Crippen LogP contribution is -2.30. The Bertz CT molecular complexity index is 1600. The van der Waals surface area contributed by atoms with Gasteiger partial charge in [0.25, 0.3) is 11.4 Å². The van der Waals surface area contributed by atoms with Crippen LogP contribution in [0, 0.1) is 0 Å². The second kappa shape index (κ2) is 10.3. The lowest BCUT2D eigenvalue weighted by atomic mass is 10.1. The summed E-state index contributed by atoms with van der Waals surface area (Å²) in [5, 5.41) is 23.9. The summed E-state index contributed by atoms with van der Waals surface area (Å²) in [5.41, 5.74) is 1.54. The number of fused-ring (bicyclic) bond motifs is 1. The van der Waals surface area contributed by atoms with Gasteiger partial charge in [0.1, 0.15) is 17.3 Å². The fraction of sp³-hybridized carbons (Fsp3) is 0.296. The molecule has 0 bridgehead atoms. The van der Waals surface area contributed by atoms with Crippen molar-refractivity contribution in [2.45, 2.75) is 45.6 Å². The van der Waals surface area contributed by atoms with E-state index in [9.17, 15) is 9.90 Å². The number of para-hydroxylation sites is 1. The molecule has 0 saturated heterocycles. The van der Waals surface area contributed by atoms with E-state index in [1.165, 1.54) is 0 Å². The van der Waals surface area contributed by atoms with Crippen molar-refractivity contribution in [3.63, 3.8) is 0 Å². The molecule has 37 heavy (non-hydrogen) atoms. The van der Waals surface area contributed by atoms with Crippen molar-refractivity contribution in [2.24, 2.45) is 0 Å². The quantitative estimate of drug-likeness (QED) is 0.306. The van der Waals surface area contributed by atoms with Gasteiger partial charge in [0.2, 0.25) is 11.8 Å². The van der Waals surface area contributed by atoms with Crippen LogP contribution in [-0.2, 0) is 12.8 Å². The lowest BCUT2D eigenvalue weighted by molar-refractivity contribution is 0.412. The Labute approximate surface area is 212 Å². The minimum Gasteiger partial charge on any atom is -0.497 e. The van der Waals surface area contributed by atoms with Crippen molar-refractivity contribution in [3.8, 4) is 23.1 Å². The number of methoxy groups -OCH3 is 1. The summed E-state index contributed by atoms with van der Waals surface area (Å²) in [7, 11) is 1.60. The predicted molar refractivity (Wildman–Crippen MR) is 136 cm³/mol. The maximum Gasteiger partial charge on any atom is 0.270 e. The van der Waals surface area contributed by atoms with Crippen molar-refractivity contribution < 1.29 is 18.8 Å². The highest BCUT2D eigenvalue weighted by molar-refractivity contribution is 5.79. The number of ether oxygens (including phenoxy) is 1. The molecule has 0 aliphatic rings. The van der Waals surface area contributed by atoms with Gasteiger partial charge in [-0.05, 0) is 43.2 Å². The molecule has 0 spiro atoms. The van der Waals surface area contributed by atoms with Crippen LogP contribution in [0.2, 0.25) is 0 Å². The van der Waals surface area contributed by atoms with E-state index in [1.54, 1.807) is 11.7 Å². The van der Waals surface area contributed by atoms with Gasteiger partial charge in [0.05, 0.1) is 19.6 Å². The third-order valence-electron chi connectivity index (χ3n) is 6.34. The lowest BCUT2D eigenvalue weighted by Gasteiger charge is -2.21. The average Bonchev–Trinajstić information content (AvgIpc) is 3.54. The largest absolute Gasteiger partial charge is 0.497 e. The van der Waals surface area contributed by atoms with Crippen molar-refractivity contribution >= 4 is 11.0 Å². The third-order valence-corrected chi connectivity index (χ3v) is 6.34. The molecular weight excluding hydrogens is 474 g/mol. The summed E-state index contributed by atoms with van der Waals surface area (Å²) in [5.74, 6) is 0.854. The molecule has 0 saturated carbocycles. The van der Waals surface area contributed by atoms with Gasteiger partial charge in [-0.2, -0.15) is 4.98 Å².